The van der Waals surface area contributed by atoms with Gasteiger partial charge in [0.25, 0.3) is 0 Å². The monoisotopic (exact) mass is 347 g/mol. The maximum absolute atomic E-state index is 12.3. The third kappa shape index (κ3) is 2.93. The number of benzene rings is 1. The van der Waals surface area contributed by atoms with E-state index in [0.717, 1.165) is 12.1 Å². The van der Waals surface area contributed by atoms with E-state index >= 15 is 0 Å². The molecule has 0 saturated carbocycles. The van der Waals surface area contributed by atoms with E-state index in [9.17, 15) is 18.3 Å². The molecule has 1 aliphatic rings. The van der Waals surface area contributed by atoms with Gasteiger partial charge in [-0.15, -0.1) is 0 Å². The van der Waals surface area contributed by atoms with Gasteiger partial charge in [-0.2, -0.15) is 0 Å². The molecule has 1 unspecified atom stereocenters. The van der Waals surface area contributed by atoms with Gasteiger partial charge in [0.15, 0.2) is 0 Å². The van der Waals surface area contributed by atoms with Gasteiger partial charge in [0.1, 0.15) is 0 Å². The normalized spacial score (nSPS) is 20.9. The first kappa shape index (κ1) is 11.4. The molecule has 1 fully saturated rings. The Bertz CT molecular complexity index is 376. The van der Waals surface area contributed by atoms with Crippen LogP contribution >= 0.6 is 8.93 Å². The zero-order valence-electron chi connectivity index (χ0n) is 7.38. The summed E-state index contributed by atoms with van der Waals surface area (Å²) in [5, 5.41) is 9.43. The van der Waals surface area contributed by atoms with E-state index in [0.29, 0.717) is 15.2 Å². The van der Waals surface area contributed by atoms with Crippen molar-refractivity contribution in [2.45, 2.75) is 15.9 Å². The Labute approximate surface area is 97.8 Å². The second kappa shape index (κ2) is 4.04. The summed E-state index contributed by atoms with van der Waals surface area (Å²) in [7, 11) is 1.86. The Hall–Kier alpha value is -0.110. The van der Waals surface area contributed by atoms with Gasteiger partial charge in [-0.1, -0.05) is 0 Å². The Morgan fingerprint density at radius 1 is 1.40 bits per heavy atom. The Morgan fingerprint density at radius 3 is 2.53 bits per heavy atom. The van der Waals surface area contributed by atoms with Crippen molar-refractivity contribution in [3.05, 3.63) is 29.3 Å². The zero-order chi connectivity index (χ0) is 11.1. The first-order valence-corrected chi connectivity index (χ1v) is 8.82. The number of hydrogen-bond acceptors (Lipinski definition) is 2. The molecule has 0 aromatic heterocycles. The molecular weight excluding hydrogens is 340 g/mol. The van der Waals surface area contributed by atoms with E-state index in [1.165, 1.54) is 6.07 Å². The fraction of sp³-hybridized carbons (Fsp3) is 0.333. The van der Waals surface area contributed by atoms with Crippen molar-refractivity contribution < 1.29 is 38.1 Å². The van der Waals surface area contributed by atoms with Crippen LogP contribution in [0.4, 0.5) is 13.2 Å². The standard InChI is InChI=1S/C9H7F3IOS/c10-9(11,12)6-2-1-5(7(14)4-6)3-8-13-15-8/h1-2,4,8,14H,3H2/q-1. The molecule has 6 heteroatoms. The number of phenolic OH excluding ortho intramolecular Hbond substituents is 1. The van der Waals surface area contributed by atoms with E-state index in [-0.39, 0.29) is 25.6 Å². The summed E-state index contributed by atoms with van der Waals surface area (Å²) in [5.74, 6) is -0.235. The predicted octanol–water partition coefficient (Wildman–Crippen LogP) is 0.0304. The SMILES string of the molecule is Oc1cc(C(F)(F)F)ccc1CC1S[I-]1. The molecule has 0 spiro atoms. The molecule has 1 saturated heterocycles. The van der Waals surface area contributed by atoms with Crippen molar-refractivity contribution in [3.63, 3.8) is 0 Å². The van der Waals surface area contributed by atoms with Gasteiger partial charge < -0.3 is 0 Å². The number of hydrogen-bond donors (Lipinski definition) is 1. The molecular formula is C9H7F3IOS-. The molecule has 1 aliphatic heterocycles. The molecule has 1 heterocycles. The van der Waals surface area contributed by atoms with Crippen LogP contribution in [0.25, 0.3) is 0 Å². The van der Waals surface area contributed by atoms with E-state index in [1.54, 1.807) is 0 Å². The molecule has 1 atom stereocenters. The van der Waals surface area contributed by atoms with Crippen molar-refractivity contribution in [2.75, 3.05) is 0 Å². The second-order valence-electron chi connectivity index (χ2n) is 3.13. The van der Waals surface area contributed by atoms with Crippen LogP contribution < -0.4 is 19.8 Å². The fourth-order valence-corrected chi connectivity index (χ4v) is 3.74. The van der Waals surface area contributed by atoms with Crippen LogP contribution in [-0.4, -0.2) is 8.36 Å². The van der Waals surface area contributed by atoms with Gasteiger partial charge in [-0.3, -0.25) is 0 Å². The van der Waals surface area contributed by atoms with Crippen molar-refractivity contribution >= 4 is 8.93 Å². The average molecular weight is 347 g/mol. The first-order chi connectivity index (χ1) is 6.97. The maximum atomic E-state index is 12.3. The molecule has 0 bridgehead atoms. The molecule has 0 radical (unpaired) electrons. The molecule has 1 N–H and O–H groups in total. The quantitative estimate of drug-likeness (QED) is 0.463. The molecule has 1 aromatic carbocycles. The van der Waals surface area contributed by atoms with Crippen molar-refractivity contribution in [1.82, 2.24) is 0 Å². The molecule has 1 nitrogen and oxygen atoms in total. The van der Waals surface area contributed by atoms with Gasteiger partial charge in [0, 0.05) is 0 Å². The van der Waals surface area contributed by atoms with Gasteiger partial charge in [0.2, 0.25) is 0 Å². The molecule has 2 rings (SSSR count). The van der Waals surface area contributed by atoms with Crippen LogP contribution in [0.3, 0.4) is 0 Å². The fourth-order valence-electron chi connectivity index (χ4n) is 1.19. The predicted molar refractivity (Wildman–Crippen MR) is 48.2 cm³/mol. The third-order valence-electron chi connectivity index (χ3n) is 2.01. The van der Waals surface area contributed by atoms with Crippen LogP contribution in [-0.2, 0) is 12.6 Å². The van der Waals surface area contributed by atoms with E-state index in [4.69, 9.17) is 0 Å². The Balaban J connectivity index is 2.21. The number of aromatic hydroxyl groups is 1. The zero-order valence-corrected chi connectivity index (χ0v) is 10.4. The van der Waals surface area contributed by atoms with Gasteiger partial charge in [-0.25, -0.2) is 0 Å². The van der Waals surface area contributed by atoms with Crippen LogP contribution in [0.15, 0.2) is 18.2 Å². The minimum atomic E-state index is -4.38. The van der Waals surface area contributed by atoms with Crippen molar-refractivity contribution in [3.8, 4) is 5.75 Å². The summed E-state index contributed by atoms with van der Waals surface area (Å²) in [6.07, 6.45) is -3.68. The summed E-state index contributed by atoms with van der Waals surface area (Å²) < 4.78 is 37.4. The first-order valence-electron chi connectivity index (χ1n) is 4.15. The summed E-state index contributed by atoms with van der Waals surface area (Å²) >= 11 is 0.188. The van der Waals surface area contributed by atoms with E-state index in [1.807, 2.05) is 8.93 Å². The molecule has 15 heavy (non-hydrogen) atoms. The van der Waals surface area contributed by atoms with Gasteiger partial charge in [-0.05, 0) is 0 Å². The van der Waals surface area contributed by atoms with E-state index < -0.39 is 11.7 Å². The number of halogens is 4. The van der Waals surface area contributed by atoms with Crippen LogP contribution in [0.2, 0.25) is 0 Å². The molecule has 84 valence electrons. The van der Waals surface area contributed by atoms with Gasteiger partial charge in [0.05, 0.1) is 0 Å². The number of rotatable bonds is 2. The summed E-state index contributed by atoms with van der Waals surface area (Å²) in [6.45, 7) is 0. The second-order valence-corrected chi connectivity index (χ2v) is 9.46. The van der Waals surface area contributed by atoms with Crippen LogP contribution in [0.1, 0.15) is 11.1 Å². The number of alkyl halides is 4. The van der Waals surface area contributed by atoms with Gasteiger partial charge >= 0.3 is 98.0 Å². The summed E-state index contributed by atoms with van der Waals surface area (Å²) in [5.41, 5.74) is -0.167. The summed E-state index contributed by atoms with van der Waals surface area (Å²) in [6, 6.07) is 3.21. The third-order valence-corrected chi connectivity index (χ3v) is 6.73. The summed E-state index contributed by atoms with van der Waals surface area (Å²) in [4.78, 5) is 0. The molecule has 0 amide bonds. The van der Waals surface area contributed by atoms with Crippen LogP contribution in [0, 0.1) is 0 Å². The van der Waals surface area contributed by atoms with Crippen LogP contribution in [0.5, 0.6) is 5.75 Å². The molecule has 1 aromatic rings. The van der Waals surface area contributed by atoms with Crippen molar-refractivity contribution in [1.29, 1.82) is 0 Å². The molecule has 0 aliphatic carbocycles. The van der Waals surface area contributed by atoms with E-state index in [2.05, 4.69) is 0 Å². The topological polar surface area (TPSA) is 20.2 Å². The minimum absolute atomic E-state index is 0.188. The average Bonchev–Trinajstić information content (AvgIpc) is 2.90. The Morgan fingerprint density at radius 2 is 2.07 bits per heavy atom. The van der Waals surface area contributed by atoms with Crippen molar-refractivity contribution in [2.24, 2.45) is 0 Å². The number of phenols is 1. The Kier molecular flexibility index (Phi) is 3.07.